The second kappa shape index (κ2) is 12.6. The average molecular weight is 559 g/mol. The molecule has 3 aromatic rings. The number of ether oxygens (including phenoxy) is 2. The second-order valence-corrected chi connectivity index (χ2v) is 11.4. The first-order valence-electron chi connectivity index (χ1n) is 14.4. The van der Waals surface area contributed by atoms with Crippen LogP contribution in [0.4, 0.5) is 11.6 Å². The lowest BCUT2D eigenvalue weighted by molar-refractivity contribution is -0.142. The monoisotopic (exact) mass is 558 g/mol. The summed E-state index contributed by atoms with van der Waals surface area (Å²) in [5, 5.41) is 12.3. The first-order valence-corrected chi connectivity index (χ1v) is 14.4. The zero-order valence-corrected chi connectivity index (χ0v) is 23.7. The molecule has 9 heteroatoms. The van der Waals surface area contributed by atoms with E-state index in [0.717, 1.165) is 54.9 Å². The molecule has 1 saturated carbocycles. The third-order valence-electron chi connectivity index (χ3n) is 7.93. The number of hydrogen-bond donors (Lipinski definition) is 2. The van der Waals surface area contributed by atoms with Gasteiger partial charge in [0.1, 0.15) is 11.9 Å². The van der Waals surface area contributed by atoms with Crippen LogP contribution in [0.15, 0.2) is 60.9 Å². The number of nitrogens with one attached hydrogen (secondary N) is 1. The van der Waals surface area contributed by atoms with Crippen LogP contribution in [0, 0.1) is 0 Å². The number of nitrogens with zero attached hydrogens (tertiary/aromatic N) is 3. The molecule has 41 heavy (non-hydrogen) atoms. The molecule has 0 radical (unpaired) electrons. The molecule has 1 aliphatic carbocycles. The molecule has 2 aromatic carbocycles. The molecule has 1 saturated heterocycles. The summed E-state index contributed by atoms with van der Waals surface area (Å²) in [5.74, 6) is 1.66. The predicted octanol–water partition coefficient (Wildman–Crippen LogP) is 5.39. The second-order valence-electron chi connectivity index (χ2n) is 11.4. The van der Waals surface area contributed by atoms with Gasteiger partial charge in [0.05, 0.1) is 30.5 Å². The van der Waals surface area contributed by atoms with Crippen LogP contribution in [-0.4, -0.2) is 52.2 Å². The number of anilines is 2. The van der Waals surface area contributed by atoms with Crippen molar-refractivity contribution in [2.45, 2.75) is 76.4 Å². The standard InChI is InChI=1S/C32H38N4O5/c1-32(2,31(38)39)23-15-12-22(13-16-23)14-17-30(37)35-28-19-33-20-29(34-28)36-18-6-9-25(21-36)41-27-11-4-3-10-26(27)40-24-7-5-8-24/h3-4,10-13,15-16,19-20,24-25H,5-9,14,17-18,21H2,1-2H3,(H,38,39)(H,34,35,37)/t25-/m1/s1. The zero-order valence-electron chi connectivity index (χ0n) is 23.7. The first kappa shape index (κ1) is 28.4. The molecule has 0 bridgehead atoms. The van der Waals surface area contributed by atoms with Crippen LogP contribution in [0.25, 0.3) is 0 Å². The molecule has 2 heterocycles. The van der Waals surface area contributed by atoms with Crippen LogP contribution < -0.4 is 19.7 Å². The number of para-hydroxylation sites is 2. The van der Waals surface area contributed by atoms with Crippen LogP contribution in [0.2, 0.25) is 0 Å². The van der Waals surface area contributed by atoms with Crippen molar-refractivity contribution in [1.29, 1.82) is 0 Å². The van der Waals surface area contributed by atoms with Crippen molar-refractivity contribution in [2.24, 2.45) is 0 Å². The van der Waals surface area contributed by atoms with Gasteiger partial charge in [-0.05, 0) is 75.6 Å². The predicted molar refractivity (Wildman–Crippen MR) is 157 cm³/mol. The van der Waals surface area contributed by atoms with E-state index in [1.165, 1.54) is 6.42 Å². The molecule has 0 unspecified atom stereocenters. The van der Waals surface area contributed by atoms with E-state index in [0.29, 0.717) is 24.6 Å². The number of rotatable bonds is 11. The van der Waals surface area contributed by atoms with E-state index in [-0.39, 0.29) is 24.5 Å². The summed E-state index contributed by atoms with van der Waals surface area (Å²) in [7, 11) is 0. The minimum atomic E-state index is -0.964. The number of aromatic nitrogens is 2. The van der Waals surface area contributed by atoms with E-state index in [9.17, 15) is 14.7 Å². The highest BCUT2D eigenvalue weighted by Gasteiger charge is 2.29. The number of carboxylic acid groups (broad SMARTS) is 1. The van der Waals surface area contributed by atoms with Crippen LogP contribution in [-0.2, 0) is 21.4 Å². The number of aryl methyl sites for hydroxylation is 1. The highest BCUT2D eigenvalue weighted by atomic mass is 16.5. The topological polar surface area (TPSA) is 114 Å². The molecule has 1 aliphatic heterocycles. The van der Waals surface area contributed by atoms with Gasteiger partial charge in [-0.1, -0.05) is 36.4 Å². The number of amides is 1. The molecule has 2 N–H and O–H groups in total. The molecule has 1 amide bonds. The fraction of sp³-hybridized carbons (Fsp3) is 0.438. The van der Waals surface area contributed by atoms with E-state index in [4.69, 9.17) is 9.47 Å². The van der Waals surface area contributed by atoms with Gasteiger partial charge >= 0.3 is 5.97 Å². The molecule has 1 atom stereocenters. The minimum absolute atomic E-state index is 0.0117. The average Bonchev–Trinajstić information content (AvgIpc) is 2.95. The SMILES string of the molecule is CC(C)(C(=O)O)c1ccc(CCC(=O)Nc2cncc(N3CCC[C@@H](Oc4ccccc4OC4CCC4)C3)n2)cc1. The number of carbonyl (C=O) groups is 2. The van der Waals surface area contributed by atoms with Gasteiger partial charge in [0, 0.05) is 13.0 Å². The van der Waals surface area contributed by atoms with Crippen molar-refractivity contribution >= 4 is 23.5 Å². The zero-order chi connectivity index (χ0) is 28.8. The minimum Gasteiger partial charge on any atom is -0.487 e. The van der Waals surface area contributed by atoms with Crippen molar-refractivity contribution in [3.8, 4) is 11.5 Å². The molecule has 9 nitrogen and oxygen atoms in total. The summed E-state index contributed by atoms with van der Waals surface area (Å²) >= 11 is 0. The van der Waals surface area contributed by atoms with Gasteiger partial charge in [0.2, 0.25) is 5.91 Å². The summed E-state index contributed by atoms with van der Waals surface area (Å²) in [6.07, 6.45) is 9.64. The Bertz CT molecular complexity index is 1360. The van der Waals surface area contributed by atoms with E-state index < -0.39 is 11.4 Å². The van der Waals surface area contributed by atoms with Gasteiger partial charge in [-0.15, -0.1) is 0 Å². The Morgan fingerprint density at radius 1 is 0.976 bits per heavy atom. The Hall–Kier alpha value is -4.14. The van der Waals surface area contributed by atoms with Crippen molar-refractivity contribution < 1.29 is 24.2 Å². The van der Waals surface area contributed by atoms with Crippen LogP contribution in [0.3, 0.4) is 0 Å². The van der Waals surface area contributed by atoms with Gasteiger partial charge in [0.25, 0.3) is 0 Å². The molecular formula is C32H38N4O5. The van der Waals surface area contributed by atoms with Crippen molar-refractivity contribution in [3.05, 3.63) is 72.1 Å². The fourth-order valence-electron chi connectivity index (χ4n) is 4.98. The van der Waals surface area contributed by atoms with Gasteiger partial charge in [0.15, 0.2) is 17.3 Å². The van der Waals surface area contributed by atoms with Crippen LogP contribution >= 0.6 is 0 Å². The lowest BCUT2D eigenvalue weighted by Gasteiger charge is -2.34. The largest absolute Gasteiger partial charge is 0.487 e. The van der Waals surface area contributed by atoms with Gasteiger partial charge < -0.3 is 24.8 Å². The van der Waals surface area contributed by atoms with Crippen molar-refractivity contribution in [1.82, 2.24) is 9.97 Å². The fourth-order valence-corrected chi connectivity index (χ4v) is 4.98. The highest BCUT2D eigenvalue weighted by Crippen LogP contribution is 2.34. The van der Waals surface area contributed by atoms with Crippen molar-refractivity contribution in [2.75, 3.05) is 23.3 Å². The van der Waals surface area contributed by atoms with E-state index in [1.807, 2.05) is 48.5 Å². The Kier molecular flexibility index (Phi) is 8.71. The summed E-state index contributed by atoms with van der Waals surface area (Å²) in [5.41, 5.74) is 0.722. The van der Waals surface area contributed by atoms with Gasteiger partial charge in [-0.3, -0.25) is 14.6 Å². The van der Waals surface area contributed by atoms with Crippen molar-refractivity contribution in [3.63, 3.8) is 0 Å². The molecule has 2 aliphatic rings. The summed E-state index contributed by atoms with van der Waals surface area (Å²) in [6.45, 7) is 4.85. The summed E-state index contributed by atoms with van der Waals surface area (Å²) in [6, 6.07) is 15.3. The molecule has 0 spiro atoms. The maximum Gasteiger partial charge on any atom is 0.313 e. The Balaban J connectivity index is 1.14. The Morgan fingerprint density at radius 2 is 1.66 bits per heavy atom. The number of hydrogen-bond acceptors (Lipinski definition) is 7. The van der Waals surface area contributed by atoms with E-state index >= 15 is 0 Å². The number of benzene rings is 2. The van der Waals surface area contributed by atoms with E-state index in [2.05, 4.69) is 20.2 Å². The molecule has 216 valence electrons. The third-order valence-corrected chi connectivity index (χ3v) is 7.93. The van der Waals surface area contributed by atoms with E-state index in [1.54, 1.807) is 26.2 Å². The molecular weight excluding hydrogens is 520 g/mol. The quantitative estimate of drug-likeness (QED) is 0.322. The number of piperidine rings is 1. The maximum absolute atomic E-state index is 12.7. The lowest BCUT2D eigenvalue weighted by atomic mass is 9.84. The molecule has 5 rings (SSSR count). The first-order chi connectivity index (χ1) is 19.8. The van der Waals surface area contributed by atoms with Gasteiger partial charge in [-0.25, -0.2) is 4.98 Å². The lowest BCUT2D eigenvalue weighted by Crippen LogP contribution is -2.41. The normalized spacial score (nSPS) is 17.4. The third kappa shape index (κ3) is 7.14. The van der Waals surface area contributed by atoms with Crippen LogP contribution in [0.1, 0.15) is 63.5 Å². The molecule has 2 fully saturated rings. The maximum atomic E-state index is 12.7. The Morgan fingerprint density at radius 3 is 2.32 bits per heavy atom. The number of carboxylic acids is 1. The summed E-state index contributed by atoms with van der Waals surface area (Å²) in [4.78, 5) is 35.3. The number of carbonyl (C=O) groups excluding carboxylic acids is 1. The Labute approximate surface area is 240 Å². The summed E-state index contributed by atoms with van der Waals surface area (Å²) < 4.78 is 12.5. The van der Waals surface area contributed by atoms with Gasteiger partial charge in [-0.2, -0.15) is 0 Å². The molecule has 1 aromatic heterocycles. The van der Waals surface area contributed by atoms with Crippen LogP contribution in [0.5, 0.6) is 11.5 Å². The highest BCUT2D eigenvalue weighted by molar-refractivity contribution is 5.89. The number of aliphatic carboxylic acids is 1. The smallest absolute Gasteiger partial charge is 0.313 e.